The molecule has 8 rings (SSSR count). The first kappa shape index (κ1) is 58.4. The Bertz CT molecular complexity index is 2930. The zero-order valence-electron chi connectivity index (χ0n) is 45.3. The summed E-state index contributed by atoms with van der Waals surface area (Å²) in [6, 6.07) is 42.1. The van der Waals surface area contributed by atoms with Gasteiger partial charge in [0.05, 0.1) is 37.1 Å². The van der Waals surface area contributed by atoms with Crippen LogP contribution in [-0.4, -0.2) is 82.0 Å². The number of hydrogen-bond acceptors (Lipinski definition) is 14. The molecule has 16 nitrogen and oxygen atoms in total. The number of carbonyl (C=O) groups excluding carboxylic acids is 6. The minimum atomic E-state index is -2.14. The Balaban J connectivity index is 1.09. The number of carbonyl (C=O) groups is 6. The fourth-order valence-electron chi connectivity index (χ4n) is 10.3. The normalized spacial score (nSPS) is 18.7. The molecule has 16 heteroatoms. The minimum absolute atomic E-state index is 0.178. The Labute approximate surface area is 466 Å². The van der Waals surface area contributed by atoms with Crippen molar-refractivity contribution in [2.75, 3.05) is 0 Å². The Kier molecular flexibility index (Phi) is 19.7. The van der Waals surface area contributed by atoms with E-state index < -0.39 is 84.2 Å². The lowest BCUT2D eigenvalue weighted by Crippen LogP contribution is -2.57. The van der Waals surface area contributed by atoms with Gasteiger partial charge in [-0.3, -0.25) is 28.8 Å². The molecule has 0 aliphatic heterocycles. The predicted octanol–water partition coefficient (Wildman–Crippen LogP) is 6.76. The fourth-order valence-corrected chi connectivity index (χ4v) is 10.3. The van der Waals surface area contributed by atoms with E-state index in [4.69, 9.17) is 30.4 Å². The van der Waals surface area contributed by atoms with E-state index in [2.05, 4.69) is 10.6 Å². The standard InChI is InChI=1S/C64H70N4O12/c1-37(2)51(65)63(75)79-35-43-25-13-17-29-47(43)55(69)49-31-41-23-11-15-27-45(41)53(49)67-61(73)59(77-33-39-19-7-5-8-20-39)57(71)58(72)60(78-34-40-21-9-6-10-22-40)62(74)68-54-46-28-16-12-24-42(46)32-50(54)56(70)48-30-18-14-26-44(48)36-80-64(76)52(66)38(3)4/h5-30,37-38,49-54,57-60,71-72H,31-36,65-66H2,1-4H3,(H,67,73)(H,68,74)/t49-,50-,51+,52+,53-,54-,57-,58-,59-,60-/m1/s1. The Hall–Kier alpha value is -7.70. The number of rotatable bonds is 25. The van der Waals surface area contributed by atoms with Gasteiger partial charge in [-0.1, -0.05) is 185 Å². The number of ketones is 2. The third kappa shape index (κ3) is 13.8. The summed E-state index contributed by atoms with van der Waals surface area (Å²) < 4.78 is 23.7. The third-order valence-corrected chi connectivity index (χ3v) is 15.1. The van der Waals surface area contributed by atoms with Crippen molar-refractivity contribution in [3.8, 4) is 0 Å². The van der Waals surface area contributed by atoms with Crippen molar-refractivity contribution in [2.24, 2.45) is 35.1 Å². The second kappa shape index (κ2) is 27.0. The van der Waals surface area contributed by atoms with Crippen LogP contribution < -0.4 is 22.1 Å². The molecule has 0 radical (unpaired) electrons. The number of nitrogens with two attached hydrogens (primary N) is 2. The zero-order chi connectivity index (χ0) is 57.0. The molecule has 8 N–H and O–H groups in total. The van der Waals surface area contributed by atoms with Gasteiger partial charge in [0.2, 0.25) is 0 Å². The molecule has 2 aliphatic rings. The van der Waals surface area contributed by atoms with Gasteiger partial charge in [-0.05, 0) is 58.1 Å². The molecule has 2 aliphatic carbocycles. The second-order valence-electron chi connectivity index (χ2n) is 21.2. The Morgan fingerprint density at radius 2 is 0.812 bits per heavy atom. The molecule has 10 atom stereocenters. The second-order valence-corrected chi connectivity index (χ2v) is 21.2. The van der Waals surface area contributed by atoms with Crippen LogP contribution in [0.2, 0.25) is 0 Å². The molecule has 0 spiro atoms. The third-order valence-electron chi connectivity index (χ3n) is 15.1. The number of amides is 2. The summed E-state index contributed by atoms with van der Waals surface area (Å²) in [5.41, 5.74) is 17.7. The maximum atomic E-state index is 15.1. The number of benzene rings is 6. The Morgan fingerprint density at radius 1 is 0.475 bits per heavy atom. The van der Waals surface area contributed by atoms with Gasteiger partial charge in [0, 0.05) is 22.3 Å². The SMILES string of the molecule is CC(C)[C@H](N)C(=O)OCc1ccccc1C(=O)[C@@H]1Cc2ccccc2[C@H]1NC(=O)[C@H](OCc1ccccc1)[C@H](O)[C@@H](O)[C@@H](OCc1ccccc1)C(=O)N[C@@H]1c2ccccc2C[C@H]1C(=O)c1ccccc1COC(=O)[C@@H](N)C(C)C. The highest BCUT2D eigenvalue weighted by Gasteiger charge is 2.46. The van der Waals surface area contributed by atoms with Crippen molar-refractivity contribution in [1.82, 2.24) is 10.6 Å². The zero-order valence-corrected chi connectivity index (χ0v) is 45.3. The van der Waals surface area contributed by atoms with Crippen molar-refractivity contribution >= 4 is 35.3 Å². The Morgan fingerprint density at radius 3 is 1.19 bits per heavy atom. The van der Waals surface area contributed by atoms with Crippen LogP contribution in [0.1, 0.15) is 105 Å². The fraction of sp³-hybridized carbons (Fsp3) is 0.344. The summed E-state index contributed by atoms with van der Waals surface area (Å²) in [4.78, 5) is 85.4. The van der Waals surface area contributed by atoms with Crippen LogP contribution in [-0.2, 0) is 77.4 Å². The van der Waals surface area contributed by atoms with Gasteiger partial charge < -0.3 is 51.3 Å². The molecule has 0 fully saturated rings. The summed E-state index contributed by atoms with van der Waals surface area (Å²) in [5.74, 6) is -5.83. The van der Waals surface area contributed by atoms with Gasteiger partial charge in [0.1, 0.15) is 37.5 Å². The predicted molar refractivity (Wildman–Crippen MR) is 298 cm³/mol. The van der Waals surface area contributed by atoms with Crippen LogP contribution in [0.4, 0.5) is 0 Å². The van der Waals surface area contributed by atoms with E-state index in [1.807, 2.05) is 24.3 Å². The minimum Gasteiger partial charge on any atom is -0.460 e. The van der Waals surface area contributed by atoms with Gasteiger partial charge in [0.15, 0.2) is 23.8 Å². The molecule has 2 amide bonds. The maximum absolute atomic E-state index is 15.1. The summed E-state index contributed by atoms with van der Waals surface area (Å²) >= 11 is 0. The van der Waals surface area contributed by atoms with E-state index in [-0.39, 0.29) is 73.8 Å². The van der Waals surface area contributed by atoms with E-state index in [1.54, 1.807) is 161 Å². The molecule has 0 aromatic heterocycles. The number of hydrogen-bond donors (Lipinski definition) is 6. The van der Waals surface area contributed by atoms with Crippen LogP contribution in [0, 0.1) is 23.7 Å². The summed E-state index contributed by atoms with van der Waals surface area (Å²) in [6.45, 7) is 6.34. The van der Waals surface area contributed by atoms with Gasteiger partial charge in [-0.2, -0.15) is 0 Å². The van der Waals surface area contributed by atoms with Crippen molar-refractivity contribution in [3.63, 3.8) is 0 Å². The molecular formula is C64H70N4O12. The summed E-state index contributed by atoms with van der Waals surface area (Å²) in [5, 5.41) is 30.9. The first-order valence-corrected chi connectivity index (χ1v) is 27.0. The maximum Gasteiger partial charge on any atom is 0.323 e. The molecule has 0 bridgehead atoms. The van der Waals surface area contributed by atoms with Gasteiger partial charge >= 0.3 is 11.9 Å². The quantitative estimate of drug-likeness (QED) is 0.0256. The number of fused-ring (bicyclic) bond motifs is 2. The molecule has 6 aromatic carbocycles. The van der Waals surface area contributed by atoms with Crippen molar-refractivity contribution in [1.29, 1.82) is 0 Å². The van der Waals surface area contributed by atoms with Crippen LogP contribution >= 0.6 is 0 Å². The lowest BCUT2D eigenvalue weighted by atomic mass is 9.88. The highest BCUT2D eigenvalue weighted by Crippen LogP contribution is 2.41. The first-order chi connectivity index (χ1) is 38.5. The number of aliphatic hydroxyl groups is 2. The highest BCUT2D eigenvalue weighted by atomic mass is 16.5. The number of Topliss-reactive ketones (excluding diaryl/α,β-unsaturated/α-hetero) is 2. The molecular weight excluding hydrogens is 1020 g/mol. The number of aliphatic hydroxyl groups excluding tert-OH is 2. The van der Waals surface area contributed by atoms with Crippen LogP contribution in [0.25, 0.3) is 0 Å². The van der Waals surface area contributed by atoms with Gasteiger partial charge in [0.25, 0.3) is 11.8 Å². The molecule has 418 valence electrons. The average Bonchev–Trinajstić information content (AvgIpc) is 4.04. The van der Waals surface area contributed by atoms with Crippen LogP contribution in [0.5, 0.6) is 0 Å². The lowest BCUT2D eigenvalue weighted by Gasteiger charge is -2.33. The summed E-state index contributed by atoms with van der Waals surface area (Å²) in [6.07, 6.45) is -7.58. The van der Waals surface area contributed by atoms with E-state index in [9.17, 15) is 29.4 Å². The topological polar surface area (TPSA) is 256 Å². The molecule has 0 unspecified atom stereocenters. The van der Waals surface area contributed by atoms with E-state index in [0.717, 1.165) is 11.1 Å². The summed E-state index contributed by atoms with van der Waals surface area (Å²) in [7, 11) is 0. The first-order valence-electron chi connectivity index (χ1n) is 27.0. The van der Waals surface area contributed by atoms with Gasteiger partial charge in [-0.25, -0.2) is 0 Å². The van der Waals surface area contributed by atoms with Gasteiger partial charge in [-0.15, -0.1) is 0 Å². The van der Waals surface area contributed by atoms with E-state index in [0.29, 0.717) is 33.4 Å². The monoisotopic (exact) mass is 1090 g/mol. The van der Waals surface area contributed by atoms with E-state index >= 15 is 9.59 Å². The molecule has 0 saturated heterocycles. The van der Waals surface area contributed by atoms with Crippen molar-refractivity contribution in [3.05, 3.63) is 213 Å². The van der Waals surface area contributed by atoms with Crippen molar-refractivity contribution in [2.45, 2.75) is 116 Å². The molecule has 80 heavy (non-hydrogen) atoms. The molecule has 6 aromatic rings. The van der Waals surface area contributed by atoms with E-state index in [1.165, 1.54) is 0 Å². The number of ether oxygens (including phenoxy) is 4. The molecule has 0 heterocycles. The van der Waals surface area contributed by atoms with Crippen molar-refractivity contribution < 1.29 is 57.9 Å². The average molecular weight is 1090 g/mol. The van der Waals surface area contributed by atoms with Crippen LogP contribution in [0.15, 0.2) is 158 Å². The number of nitrogens with one attached hydrogen (secondary N) is 2. The smallest absolute Gasteiger partial charge is 0.323 e. The molecule has 0 saturated carbocycles. The largest absolute Gasteiger partial charge is 0.460 e. The van der Waals surface area contributed by atoms with Crippen LogP contribution in [0.3, 0.4) is 0 Å². The number of esters is 2. The lowest BCUT2D eigenvalue weighted by molar-refractivity contribution is -0.171. The highest BCUT2D eigenvalue weighted by molar-refractivity contribution is 6.02.